The zero-order chi connectivity index (χ0) is 14.5. The number of carbonyl (C=O) groups excluding carboxylic acids is 2. The van der Waals surface area contributed by atoms with Gasteiger partial charge in [0, 0.05) is 24.7 Å². The Morgan fingerprint density at radius 1 is 1.35 bits per heavy atom. The second-order valence-electron chi connectivity index (χ2n) is 5.10. The van der Waals surface area contributed by atoms with Crippen LogP contribution in [0.1, 0.15) is 18.9 Å². The molecule has 1 aromatic carbocycles. The van der Waals surface area contributed by atoms with Crippen molar-refractivity contribution in [3.63, 3.8) is 0 Å². The monoisotopic (exact) mass is 275 g/mol. The van der Waals surface area contributed by atoms with Gasteiger partial charge in [0.2, 0.25) is 11.8 Å². The smallest absolute Gasteiger partial charge is 0.240 e. The summed E-state index contributed by atoms with van der Waals surface area (Å²) >= 11 is 0. The lowest BCUT2D eigenvalue weighted by atomic mass is 10.0. The molecule has 0 bridgehead atoms. The highest BCUT2D eigenvalue weighted by Gasteiger charge is 2.25. The molecule has 0 spiro atoms. The lowest BCUT2D eigenvalue weighted by Gasteiger charge is -2.29. The van der Waals surface area contributed by atoms with Crippen molar-refractivity contribution in [3.8, 4) is 0 Å². The third-order valence-electron chi connectivity index (χ3n) is 3.59. The van der Waals surface area contributed by atoms with Crippen molar-refractivity contribution < 1.29 is 9.59 Å². The van der Waals surface area contributed by atoms with Gasteiger partial charge in [-0.3, -0.25) is 9.59 Å². The van der Waals surface area contributed by atoms with Crippen LogP contribution in [0.3, 0.4) is 0 Å². The minimum absolute atomic E-state index is 0.0144. The van der Waals surface area contributed by atoms with E-state index >= 15 is 0 Å². The van der Waals surface area contributed by atoms with Crippen LogP contribution in [-0.4, -0.2) is 38.0 Å². The molecule has 1 aliphatic heterocycles. The Balaban J connectivity index is 2.01. The van der Waals surface area contributed by atoms with Gasteiger partial charge in [0.25, 0.3) is 0 Å². The summed E-state index contributed by atoms with van der Waals surface area (Å²) in [7, 11) is 1.85. The van der Waals surface area contributed by atoms with E-state index in [1.807, 2.05) is 38.2 Å². The van der Waals surface area contributed by atoms with Crippen LogP contribution < -0.4 is 15.5 Å². The number of para-hydroxylation sites is 1. The zero-order valence-electron chi connectivity index (χ0n) is 12.0. The Labute approximate surface area is 119 Å². The Morgan fingerprint density at radius 3 is 2.85 bits per heavy atom. The number of aryl methyl sites for hydroxylation is 1. The Bertz CT molecular complexity index is 502. The number of likely N-dealkylation sites (N-methyl/N-ethyl adjacent to an activating group) is 1. The van der Waals surface area contributed by atoms with Gasteiger partial charge >= 0.3 is 0 Å². The summed E-state index contributed by atoms with van der Waals surface area (Å²) in [6, 6.07) is 7.97. The second kappa shape index (κ2) is 6.52. The Morgan fingerprint density at radius 2 is 2.10 bits per heavy atom. The van der Waals surface area contributed by atoms with Crippen molar-refractivity contribution in [2.75, 3.05) is 25.0 Å². The van der Waals surface area contributed by atoms with E-state index < -0.39 is 0 Å². The SMILES string of the molecule is CNC(C)CNC(=O)CN1C(=O)CCc2ccccc21. The maximum Gasteiger partial charge on any atom is 0.240 e. The number of benzene rings is 1. The lowest BCUT2D eigenvalue weighted by Crippen LogP contribution is -2.45. The highest BCUT2D eigenvalue weighted by Crippen LogP contribution is 2.26. The van der Waals surface area contributed by atoms with Crippen molar-refractivity contribution in [2.24, 2.45) is 0 Å². The molecule has 2 amide bonds. The van der Waals surface area contributed by atoms with Gasteiger partial charge in [-0.1, -0.05) is 18.2 Å². The minimum atomic E-state index is -0.128. The molecular formula is C15H21N3O2. The van der Waals surface area contributed by atoms with Gasteiger partial charge in [0.1, 0.15) is 6.54 Å². The van der Waals surface area contributed by atoms with Crippen LogP contribution in [-0.2, 0) is 16.0 Å². The normalized spacial score (nSPS) is 15.7. The van der Waals surface area contributed by atoms with Crippen molar-refractivity contribution in [2.45, 2.75) is 25.8 Å². The van der Waals surface area contributed by atoms with E-state index in [1.165, 1.54) is 0 Å². The standard InChI is InChI=1S/C15H21N3O2/c1-11(16-2)9-17-14(19)10-18-13-6-4-3-5-12(13)7-8-15(18)20/h3-6,11,16H,7-10H2,1-2H3,(H,17,19). The summed E-state index contributed by atoms with van der Waals surface area (Å²) in [5, 5.41) is 5.89. The van der Waals surface area contributed by atoms with Gasteiger partial charge < -0.3 is 15.5 Å². The topological polar surface area (TPSA) is 61.4 Å². The van der Waals surface area contributed by atoms with Gasteiger partial charge in [0.05, 0.1) is 0 Å². The first-order valence-electron chi connectivity index (χ1n) is 6.94. The van der Waals surface area contributed by atoms with Gasteiger partial charge in [-0.05, 0) is 32.0 Å². The third kappa shape index (κ3) is 3.36. The average Bonchev–Trinajstić information content (AvgIpc) is 2.47. The molecule has 2 rings (SSSR count). The molecule has 1 unspecified atom stereocenters. The predicted octanol–water partition coefficient (Wildman–Crippen LogP) is 0.690. The first kappa shape index (κ1) is 14.5. The summed E-state index contributed by atoms with van der Waals surface area (Å²) < 4.78 is 0. The Hall–Kier alpha value is -1.88. The van der Waals surface area contributed by atoms with Crippen molar-refractivity contribution in [3.05, 3.63) is 29.8 Å². The number of anilines is 1. The molecule has 108 valence electrons. The summed E-state index contributed by atoms with van der Waals surface area (Å²) in [6.45, 7) is 2.63. The average molecular weight is 275 g/mol. The van der Waals surface area contributed by atoms with E-state index in [1.54, 1.807) is 4.90 Å². The maximum atomic E-state index is 12.0. The van der Waals surface area contributed by atoms with E-state index in [9.17, 15) is 9.59 Å². The second-order valence-corrected chi connectivity index (χ2v) is 5.10. The highest BCUT2D eigenvalue weighted by atomic mass is 16.2. The van der Waals surface area contributed by atoms with E-state index in [0.717, 1.165) is 17.7 Å². The summed E-state index contributed by atoms with van der Waals surface area (Å²) in [5.74, 6) is -0.113. The van der Waals surface area contributed by atoms with Crippen LogP contribution in [0.15, 0.2) is 24.3 Å². The van der Waals surface area contributed by atoms with E-state index in [-0.39, 0.29) is 24.4 Å². The minimum Gasteiger partial charge on any atom is -0.353 e. The number of fused-ring (bicyclic) bond motifs is 1. The number of hydrogen-bond donors (Lipinski definition) is 2. The van der Waals surface area contributed by atoms with Crippen LogP contribution in [0.2, 0.25) is 0 Å². The molecule has 0 radical (unpaired) electrons. The molecule has 0 aliphatic carbocycles. The molecule has 20 heavy (non-hydrogen) atoms. The fourth-order valence-corrected chi connectivity index (χ4v) is 2.24. The van der Waals surface area contributed by atoms with Gasteiger partial charge in [-0.25, -0.2) is 0 Å². The van der Waals surface area contributed by atoms with Crippen molar-refractivity contribution in [1.29, 1.82) is 0 Å². The van der Waals surface area contributed by atoms with Gasteiger partial charge in [-0.2, -0.15) is 0 Å². The molecule has 5 nitrogen and oxygen atoms in total. The zero-order valence-corrected chi connectivity index (χ0v) is 12.0. The van der Waals surface area contributed by atoms with Crippen LogP contribution in [0, 0.1) is 0 Å². The number of carbonyl (C=O) groups is 2. The first-order chi connectivity index (χ1) is 9.61. The van der Waals surface area contributed by atoms with Gasteiger partial charge in [0.15, 0.2) is 0 Å². The molecule has 1 aliphatic rings. The summed E-state index contributed by atoms with van der Waals surface area (Å²) in [6.07, 6.45) is 1.22. The van der Waals surface area contributed by atoms with Crippen molar-refractivity contribution >= 4 is 17.5 Å². The largest absolute Gasteiger partial charge is 0.353 e. The molecule has 0 fully saturated rings. The molecule has 5 heteroatoms. The molecule has 1 heterocycles. The van der Waals surface area contributed by atoms with Crippen LogP contribution >= 0.6 is 0 Å². The third-order valence-corrected chi connectivity index (χ3v) is 3.59. The molecule has 0 saturated carbocycles. The first-order valence-corrected chi connectivity index (χ1v) is 6.94. The number of nitrogens with zero attached hydrogens (tertiary/aromatic N) is 1. The fraction of sp³-hybridized carbons (Fsp3) is 0.467. The van der Waals surface area contributed by atoms with Gasteiger partial charge in [-0.15, -0.1) is 0 Å². The fourth-order valence-electron chi connectivity index (χ4n) is 2.24. The molecule has 0 aromatic heterocycles. The lowest BCUT2D eigenvalue weighted by molar-refractivity contribution is -0.124. The maximum absolute atomic E-state index is 12.0. The van der Waals surface area contributed by atoms with Crippen molar-refractivity contribution in [1.82, 2.24) is 10.6 Å². The summed E-state index contributed by atoms with van der Waals surface area (Å²) in [4.78, 5) is 25.6. The van der Waals surface area contributed by atoms with E-state index in [4.69, 9.17) is 0 Å². The number of hydrogen-bond acceptors (Lipinski definition) is 3. The number of nitrogens with one attached hydrogen (secondary N) is 2. The van der Waals surface area contributed by atoms with Crippen LogP contribution in [0.25, 0.3) is 0 Å². The van der Waals surface area contributed by atoms with Crippen LogP contribution in [0.4, 0.5) is 5.69 Å². The molecule has 0 saturated heterocycles. The summed E-state index contributed by atoms with van der Waals surface area (Å²) in [5.41, 5.74) is 1.99. The molecule has 1 aromatic rings. The molecule has 2 N–H and O–H groups in total. The quantitative estimate of drug-likeness (QED) is 0.831. The predicted molar refractivity (Wildman–Crippen MR) is 78.6 cm³/mol. The Kier molecular flexibility index (Phi) is 4.74. The molecule has 1 atom stereocenters. The molecular weight excluding hydrogens is 254 g/mol. The number of rotatable bonds is 5. The number of amides is 2. The van der Waals surface area contributed by atoms with E-state index in [2.05, 4.69) is 10.6 Å². The van der Waals surface area contributed by atoms with E-state index in [0.29, 0.717) is 13.0 Å². The van der Waals surface area contributed by atoms with Crippen LogP contribution in [0.5, 0.6) is 0 Å². The highest BCUT2D eigenvalue weighted by molar-refractivity contribution is 6.00.